The van der Waals surface area contributed by atoms with Gasteiger partial charge < -0.3 is 19.3 Å². The Hall–Kier alpha value is -2.24. The van der Waals surface area contributed by atoms with Crippen LogP contribution in [0, 0.1) is 20.8 Å². The molecule has 0 aromatic heterocycles. The van der Waals surface area contributed by atoms with Crippen molar-refractivity contribution in [3.63, 3.8) is 0 Å². The lowest BCUT2D eigenvalue weighted by molar-refractivity contribution is 0.0736. The molecule has 0 aliphatic carbocycles. The largest absolute Gasteiger partial charge is 0.497 e. The van der Waals surface area contributed by atoms with Gasteiger partial charge in [0.1, 0.15) is 30.0 Å². The zero-order chi connectivity index (χ0) is 20.0. The Bertz CT molecular complexity index is 760. The van der Waals surface area contributed by atoms with Gasteiger partial charge in [-0.25, -0.2) is 0 Å². The van der Waals surface area contributed by atoms with E-state index in [9.17, 15) is 5.11 Å². The summed E-state index contributed by atoms with van der Waals surface area (Å²) in [5.74, 6) is 2.40. The van der Waals surface area contributed by atoms with Gasteiger partial charge in [-0.15, -0.1) is 0 Å². The molecule has 148 valence electrons. The Balaban J connectivity index is 1.93. The van der Waals surface area contributed by atoms with E-state index in [1.165, 1.54) is 5.56 Å². The van der Waals surface area contributed by atoms with Gasteiger partial charge >= 0.3 is 0 Å². The van der Waals surface area contributed by atoms with E-state index in [2.05, 4.69) is 13.0 Å². The maximum absolute atomic E-state index is 10.4. The monoisotopic (exact) mass is 373 g/mol. The number of benzene rings is 2. The van der Waals surface area contributed by atoms with E-state index >= 15 is 0 Å². The standard InChI is InChI=1S/C22H31NO4/c1-15-7-8-16(2)22(17(15)3)27-14-19(24)13-23(4)12-18-9-10-20(25-5)11-21(18)26-6/h7-11,19,24H,12-14H2,1-6H3. The van der Waals surface area contributed by atoms with Crippen molar-refractivity contribution in [3.05, 3.63) is 52.6 Å². The Morgan fingerprint density at radius 1 is 1.00 bits per heavy atom. The summed E-state index contributed by atoms with van der Waals surface area (Å²) >= 11 is 0. The number of aliphatic hydroxyl groups excluding tert-OH is 1. The molecule has 0 saturated carbocycles. The van der Waals surface area contributed by atoms with Crippen LogP contribution in [0.25, 0.3) is 0 Å². The maximum atomic E-state index is 10.4. The Kier molecular flexibility index (Phi) is 7.51. The minimum Gasteiger partial charge on any atom is -0.497 e. The molecule has 27 heavy (non-hydrogen) atoms. The van der Waals surface area contributed by atoms with E-state index in [-0.39, 0.29) is 6.61 Å². The van der Waals surface area contributed by atoms with Gasteiger partial charge in [-0.1, -0.05) is 18.2 Å². The molecule has 2 aromatic carbocycles. The van der Waals surface area contributed by atoms with Crippen LogP contribution in [0.5, 0.6) is 17.2 Å². The summed E-state index contributed by atoms with van der Waals surface area (Å²) in [6, 6.07) is 9.90. The first-order valence-electron chi connectivity index (χ1n) is 9.12. The van der Waals surface area contributed by atoms with Gasteiger partial charge in [-0.05, 0) is 50.6 Å². The molecule has 2 aromatic rings. The lowest BCUT2D eigenvalue weighted by Crippen LogP contribution is -2.33. The zero-order valence-corrected chi connectivity index (χ0v) is 17.2. The SMILES string of the molecule is COc1ccc(CN(C)CC(O)COc2c(C)ccc(C)c2C)c(OC)c1. The summed E-state index contributed by atoms with van der Waals surface area (Å²) in [4.78, 5) is 2.05. The van der Waals surface area contributed by atoms with Crippen molar-refractivity contribution in [3.8, 4) is 17.2 Å². The third kappa shape index (κ3) is 5.62. The average Bonchev–Trinajstić information content (AvgIpc) is 2.65. The summed E-state index contributed by atoms with van der Waals surface area (Å²) < 4.78 is 16.6. The van der Waals surface area contributed by atoms with Crippen LogP contribution in [0.15, 0.2) is 30.3 Å². The second-order valence-electron chi connectivity index (χ2n) is 6.99. The van der Waals surface area contributed by atoms with Gasteiger partial charge in [-0.3, -0.25) is 4.90 Å². The van der Waals surface area contributed by atoms with Crippen molar-refractivity contribution in [2.24, 2.45) is 0 Å². The summed E-state index contributed by atoms with van der Waals surface area (Å²) in [5, 5.41) is 10.4. The fourth-order valence-corrected chi connectivity index (χ4v) is 3.08. The minimum atomic E-state index is -0.585. The van der Waals surface area contributed by atoms with Crippen molar-refractivity contribution in [2.45, 2.75) is 33.4 Å². The molecular weight excluding hydrogens is 342 g/mol. The molecule has 1 unspecified atom stereocenters. The second-order valence-corrected chi connectivity index (χ2v) is 6.99. The first-order valence-corrected chi connectivity index (χ1v) is 9.12. The Morgan fingerprint density at radius 3 is 2.37 bits per heavy atom. The lowest BCUT2D eigenvalue weighted by Gasteiger charge is -2.23. The highest BCUT2D eigenvalue weighted by Crippen LogP contribution is 2.27. The number of nitrogens with zero attached hydrogens (tertiary/aromatic N) is 1. The van der Waals surface area contributed by atoms with Gasteiger partial charge in [0, 0.05) is 24.7 Å². The first-order chi connectivity index (χ1) is 12.8. The molecule has 0 aliphatic rings. The molecule has 0 heterocycles. The molecule has 0 radical (unpaired) electrons. The molecule has 0 aliphatic heterocycles. The molecule has 5 nitrogen and oxygen atoms in total. The Morgan fingerprint density at radius 2 is 1.70 bits per heavy atom. The predicted molar refractivity (Wildman–Crippen MR) is 108 cm³/mol. The summed E-state index contributed by atoms with van der Waals surface area (Å²) in [6.45, 7) is 7.55. The second kappa shape index (κ2) is 9.62. The van der Waals surface area contributed by atoms with Crippen molar-refractivity contribution in [1.29, 1.82) is 0 Å². The van der Waals surface area contributed by atoms with Crippen molar-refractivity contribution < 1.29 is 19.3 Å². The van der Waals surface area contributed by atoms with E-state index in [4.69, 9.17) is 14.2 Å². The highest BCUT2D eigenvalue weighted by molar-refractivity contribution is 5.44. The van der Waals surface area contributed by atoms with E-state index in [0.29, 0.717) is 13.1 Å². The molecule has 1 N–H and O–H groups in total. The van der Waals surface area contributed by atoms with Crippen molar-refractivity contribution >= 4 is 0 Å². The summed E-state index contributed by atoms with van der Waals surface area (Å²) in [5.41, 5.74) is 4.44. The van der Waals surface area contributed by atoms with E-state index in [1.54, 1.807) is 14.2 Å². The number of hydrogen-bond donors (Lipinski definition) is 1. The number of hydrogen-bond acceptors (Lipinski definition) is 5. The van der Waals surface area contributed by atoms with Crippen LogP contribution in [-0.4, -0.2) is 50.5 Å². The van der Waals surface area contributed by atoms with Crippen LogP contribution >= 0.6 is 0 Å². The number of ether oxygens (including phenoxy) is 3. The van der Waals surface area contributed by atoms with E-state index < -0.39 is 6.10 Å². The first kappa shape index (κ1) is 21.1. The molecule has 0 fully saturated rings. The van der Waals surface area contributed by atoms with Crippen molar-refractivity contribution in [1.82, 2.24) is 4.90 Å². The van der Waals surface area contributed by atoms with Crippen LogP contribution in [0.3, 0.4) is 0 Å². The molecule has 0 bridgehead atoms. The van der Waals surface area contributed by atoms with Gasteiger partial charge in [0.05, 0.1) is 14.2 Å². The topological polar surface area (TPSA) is 51.2 Å². The number of aryl methyl sites for hydroxylation is 2. The van der Waals surface area contributed by atoms with Crippen LogP contribution < -0.4 is 14.2 Å². The quantitative estimate of drug-likeness (QED) is 0.729. The third-order valence-electron chi connectivity index (χ3n) is 4.75. The van der Waals surface area contributed by atoms with Gasteiger partial charge in [0.2, 0.25) is 0 Å². The van der Waals surface area contributed by atoms with Crippen LogP contribution in [0.2, 0.25) is 0 Å². The molecule has 0 spiro atoms. The lowest BCUT2D eigenvalue weighted by atomic mass is 10.1. The highest BCUT2D eigenvalue weighted by atomic mass is 16.5. The van der Waals surface area contributed by atoms with Gasteiger partial charge in [-0.2, -0.15) is 0 Å². The maximum Gasteiger partial charge on any atom is 0.127 e. The highest BCUT2D eigenvalue weighted by Gasteiger charge is 2.14. The normalized spacial score (nSPS) is 12.1. The molecule has 2 rings (SSSR count). The zero-order valence-electron chi connectivity index (χ0n) is 17.2. The fourth-order valence-electron chi connectivity index (χ4n) is 3.08. The van der Waals surface area contributed by atoms with Gasteiger partial charge in [0.15, 0.2) is 0 Å². The summed E-state index contributed by atoms with van der Waals surface area (Å²) in [7, 11) is 5.25. The minimum absolute atomic E-state index is 0.259. The van der Waals surface area contributed by atoms with E-state index in [0.717, 1.165) is 33.9 Å². The number of rotatable bonds is 9. The molecule has 5 heteroatoms. The third-order valence-corrected chi connectivity index (χ3v) is 4.75. The van der Waals surface area contributed by atoms with Crippen molar-refractivity contribution in [2.75, 3.05) is 34.4 Å². The molecule has 0 amide bonds. The molecule has 1 atom stereocenters. The Labute approximate surface area is 162 Å². The van der Waals surface area contributed by atoms with Gasteiger partial charge in [0.25, 0.3) is 0 Å². The van der Waals surface area contributed by atoms with Crippen LogP contribution in [0.4, 0.5) is 0 Å². The summed E-state index contributed by atoms with van der Waals surface area (Å²) in [6.07, 6.45) is -0.585. The van der Waals surface area contributed by atoms with E-state index in [1.807, 2.05) is 50.1 Å². The molecular formula is C22H31NO4. The van der Waals surface area contributed by atoms with Crippen LogP contribution in [0.1, 0.15) is 22.3 Å². The molecule has 0 saturated heterocycles. The predicted octanol–water partition coefficient (Wildman–Crippen LogP) is 3.50. The number of methoxy groups -OCH3 is 2. The number of likely N-dealkylation sites (N-methyl/N-ethyl adjacent to an activating group) is 1. The average molecular weight is 373 g/mol. The smallest absolute Gasteiger partial charge is 0.127 e. The number of aliphatic hydroxyl groups is 1. The fraction of sp³-hybridized carbons (Fsp3) is 0.455. The van der Waals surface area contributed by atoms with Crippen LogP contribution in [-0.2, 0) is 6.54 Å².